The highest BCUT2D eigenvalue weighted by Gasteiger charge is 2.41. The highest BCUT2D eigenvalue weighted by atomic mass is 19.4. The van der Waals surface area contributed by atoms with Crippen molar-refractivity contribution in [1.29, 1.82) is 0 Å². The minimum absolute atomic E-state index is 0.175. The van der Waals surface area contributed by atoms with Gasteiger partial charge in [-0.1, -0.05) is 19.8 Å². The van der Waals surface area contributed by atoms with E-state index in [9.17, 15) is 18.0 Å². The second kappa shape index (κ2) is 8.71. The van der Waals surface area contributed by atoms with Crippen molar-refractivity contribution < 1.29 is 22.7 Å². The van der Waals surface area contributed by atoms with Crippen molar-refractivity contribution in [2.45, 2.75) is 57.5 Å². The molecular formula is C21H23F3N2O2. The van der Waals surface area contributed by atoms with Crippen LogP contribution in [0.2, 0.25) is 0 Å². The van der Waals surface area contributed by atoms with Crippen LogP contribution in [0.25, 0.3) is 11.4 Å². The monoisotopic (exact) mass is 392 g/mol. The Balaban J connectivity index is 1.61. The number of aromatic nitrogens is 2. The lowest BCUT2D eigenvalue weighted by Crippen LogP contribution is -2.27. The Hall–Kier alpha value is -2.44. The van der Waals surface area contributed by atoms with E-state index >= 15 is 0 Å². The predicted molar refractivity (Wildman–Crippen MR) is 98.8 cm³/mol. The Morgan fingerprint density at radius 1 is 1.07 bits per heavy atom. The first-order valence-corrected chi connectivity index (χ1v) is 9.58. The molecule has 0 spiro atoms. The molecule has 0 unspecified atom stereocenters. The lowest BCUT2D eigenvalue weighted by Gasteiger charge is -2.28. The van der Waals surface area contributed by atoms with Crippen molar-refractivity contribution in [3.63, 3.8) is 0 Å². The van der Waals surface area contributed by atoms with E-state index in [-0.39, 0.29) is 5.75 Å². The summed E-state index contributed by atoms with van der Waals surface area (Å²) in [5.41, 5.74) is 1.78. The van der Waals surface area contributed by atoms with Crippen LogP contribution in [-0.4, -0.2) is 22.1 Å². The summed E-state index contributed by atoms with van der Waals surface area (Å²) in [4.78, 5) is 19.7. The lowest BCUT2D eigenvalue weighted by molar-refractivity contribution is -0.189. The lowest BCUT2D eigenvalue weighted by atomic mass is 9.78. The molecule has 0 radical (unpaired) electrons. The number of nitrogens with zero attached hydrogens (tertiary/aromatic N) is 2. The molecule has 28 heavy (non-hydrogen) atoms. The van der Waals surface area contributed by atoms with Crippen molar-refractivity contribution in [1.82, 2.24) is 9.97 Å². The van der Waals surface area contributed by atoms with Gasteiger partial charge in [-0.2, -0.15) is 13.2 Å². The third kappa shape index (κ3) is 5.09. The van der Waals surface area contributed by atoms with Gasteiger partial charge in [-0.05, 0) is 67.3 Å². The number of benzene rings is 1. The highest BCUT2D eigenvalue weighted by Crippen LogP contribution is 2.37. The molecule has 2 aromatic rings. The van der Waals surface area contributed by atoms with Gasteiger partial charge in [0, 0.05) is 18.0 Å². The molecule has 1 aliphatic carbocycles. The standard InChI is InChI=1S/C21H23F3N2O2/c1-2-3-14-4-6-15(7-5-14)17-12-25-19(26-13-17)16-8-10-18(11-9-16)28-20(27)21(22,23)24/h8-15H,2-7H2,1H3. The molecule has 1 fully saturated rings. The maximum absolute atomic E-state index is 12.2. The number of rotatable bonds is 5. The molecule has 3 rings (SSSR count). The van der Waals surface area contributed by atoms with Gasteiger partial charge in [0.15, 0.2) is 5.82 Å². The quantitative estimate of drug-likeness (QED) is 0.485. The van der Waals surface area contributed by atoms with Gasteiger partial charge in [0.2, 0.25) is 0 Å². The summed E-state index contributed by atoms with van der Waals surface area (Å²) in [5, 5.41) is 0. The minimum atomic E-state index is -5.02. The van der Waals surface area contributed by atoms with Gasteiger partial charge in [0.25, 0.3) is 0 Å². The summed E-state index contributed by atoms with van der Waals surface area (Å²) in [6.07, 6.45) is 6.01. The van der Waals surface area contributed by atoms with E-state index < -0.39 is 12.1 Å². The minimum Gasteiger partial charge on any atom is -0.420 e. The van der Waals surface area contributed by atoms with Crippen LogP contribution >= 0.6 is 0 Å². The summed E-state index contributed by atoms with van der Waals surface area (Å²) < 4.78 is 41.0. The second-order valence-corrected chi connectivity index (χ2v) is 7.26. The van der Waals surface area contributed by atoms with Crippen LogP contribution in [0.1, 0.15) is 56.9 Å². The number of ether oxygens (including phenoxy) is 1. The van der Waals surface area contributed by atoms with Crippen LogP contribution in [0.15, 0.2) is 36.7 Å². The Morgan fingerprint density at radius 3 is 2.21 bits per heavy atom. The zero-order valence-electron chi connectivity index (χ0n) is 15.7. The van der Waals surface area contributed by atoms with Crippen molar-refractivity contribution in [2.24, 2.45) is 5.92 Å². The molecule has 0 N–H and O–H groups in total. The van der Waals surface area contributed by atoms with Crippen LogP contribution in [0, 0.1) is 5.92 Å². The summed E-state index contributed by atoms with van der Waals surface area (Å²) in [5.74, 6) is -0.601. The zero-order chi connectivity index (χ0) is 20.1. The Bertz CT molecular complexity index is 781. The van der Waals surface area contributed by atoms with Gasteiger partial charge in [-0.3, -0.25) is 0 Å². The molecule has 0 saturated heterocycles. The smallest absolute Gasteiger partial charge is 0.420 e. The first kappa shape index (κ1) is 20.3. The highest BCUT2D eigenvalue weighted by molar-refractivity contribution is 5.78. The molecule has 1 saturated carbocycles. The number of halogens is 3. The number of carbonyl (C=O) groups excluding carboxylic acids is 1. The maximum Gasteiger partial charge on any atom is 0.491 e. The topological polar surface area (TPSA) is 52.1 Å². The average molecular weight is 392 g/mol. The number of hydrogen-bond acceptors (Lipinski definition) is 4. The molecule has 0 amide bonds. The van der Waals surface area contributed by atoms with Gasteiger partial charge >= 0.3 is 12.1 Å². The Morgan fingerprint density at radius 2 is 1.68 bits per heavy atom. The molecule has 150 valence electrons. The molecular weight excluding hydrogens is 369 g/mol. The normalized spacial score (nSPS) is 20.0. The van der Waals surface area contributed by atoms with Gasteiger partial charge in [-0.25, -0.2) is 14.8 Å². The average Bonchev–Trinajstić information content (AvgIpc) is 2.69. The summed E-state index contributed by atoms with van der Waals surface area (Å²) >= 11 is 0. The third-order valence-corrected chi connectivity index (χ3v) is 5.24. The maximum atomic E-state index is 12.2. The Kier molecular flexibility index (Phi) is 6.31. The number of esters is 1. The fourth-order valence-corrected chi connectivity index (χ4v) is 3.73. The van der Waals surface area contributed by atoms with E-state index in [4.69, 9.17) is 0 Å². The molecule has 1 heterocycles. The van der Waals surface area contributed by atoms with E-state index in [1.165, 1.54) is 49.9 Å². The van der Waals surface area contributed by atoms with Crippen molar-refractivity contribution in [3.05, 3.63) is 42.2 Å². The molecule has 0 atom stereocenters. The fourth-order valence-electron chi connectivity index (χ4n) is 3.73. The Labute approximate surface area is 162 Å². The molecule has 1 aliphatic rings. The second-order valence-electron chi connectivity index (χ2n) is 7.26. The van der Waals surface area contributed by atoms with Crippen LogP contribution in [0.3, 0.4) is 0 Å². The van der Waals surface area contributed by atoms with Crippen molar-refractivity contribution >= 4 is 5.97 Å². The van der Waals surface area contributed by atoms with E-state index in [1.807, 2.05) is 12.4 Å². The van der Waals surface area contributed by atoms with Crippen molar-refractivity contribution in [2.75, 3.05) is 0 Å². The van der Waals surface area contributed by atoms with Crippen molar-refractivity contribution in [3.8, 4) is 17.1 Å². The SMILES string of the molecule is CCCC1CCC(c2cnc(-c3ccc(OC(=O)C(F)(F)F)cc3)nc2)CC1. The predicted octanol–water partition coefficient (Wildman–Crippen LogP) is 5.69. The van der Waals surface area contributed by atoms with Gasteiger partial charge in [-0.15, -0.1) is 0 Å². The van der Waals surface area contributed by atoms with Crippen LogP contribution in [-0.2, 0) is 4.79 Å². The van der Waals surface area contributed by atoms with Crippen LogP contribution in [0.4, 0.5) is 13.2 Å². The first-order valence-electron chi connectivity index (χ1n) is 9.58. The molecule has 0 bridgehead atoms. The summed E-state index contributed by atoms with van der Waals surface area (Å²) in [7, 11) is 0. The third-order valence-electron chi connectivity index (χ3n) is 5.24. The van der Waals surface area contributed by atoms with E-state index in [2.05, 4.69) is 21.6 Å². The largest absolute Gasteiger partial charge is 0.491 e. The zero-order valence-corrected chi connectivity index (χ0v) is 15.7. The molecule has 1 aromatic carbocycles. The van der Waals surface area contributed by atoms with E-state index in [1.54, 1.807) is 0 Å². The fraction of sp³-hybridized carbons (Fsp3) is 0.476. The molecule has 0 aliphatic heterocycles. The van der Waals surface area contributed by atoms with Gasteiger partial charge < -0.3 is 4.74 Å². The number of hydrogen-bond donors (Lipinski definition) is 0. The van der Waals surface area contributed by atoms with Gasteiger partial charge in [0.05, 0.1) is 0 Å². The van der Waals surface area contributed by atoms with E-state index in [0.717, 1.165) is 24.3 Å². The summed E-state index contributed by atoms with van der Waals surface area (Å²) in [6, 6.07) is 5.66. The molecule has 7 heteroatoms. The van der Waals surface area contributed by atoms with Crippen LogP contribution < -0.4 is 4.74 Å². The molecule has 1 aromatic heterocycles. The first-order chi connectivity index (χ1) is 13.4. The van der Waals surface area contributed by atoms with E-state index in [0.29, 0.717) is 17.3 Å². The van der Waals surface area contributed by atoms with Crippen LogP contribution in [0.5, 0.6) is 5.75 Å². The summed E-state index contributed by atoms with van der Waals surface area (Å²) in [6.45, 7) is 2.23. The van der Waals surface area contributed by atoms with Gasteiger partial charge in [0.1, 0.15) is 5.75 Å². The molecule has 4 nitrogen and oxygen atoms in total. The number of carbonyl (C=O) groups is 1. The number of alkyl halides is 3.